The number of fused-ring (bicyclic) bond motifs is 1. The number of aryl methyl sites for hydroxylation is 1. The van der Waals surface area contributed by atoms with E-state index in [0.29, 0.717) is 22.6 Å². The van der Waals surface area contributed by atoms with Crippen LogP contribution in [0, 0.1) is 6.92 Å². The average molecular weight is 456 g/mol. The van der Waals surface area contributed by atoms with Crippen molar-refractivity contribution in [1.82, 2.24) is 14.6 Å². The molecule has 4 aromatic rings. The van der Waals surface area contributed by atoms with E-state index in [1.165, 1.54) is 26.2 Å². The van der Waals surface area contributed by atoms with E-state index in [1.807, 2.05) is 30.3 Å². The van der Waals surface area contributed by atoms with Crippen LogP contribution in [0.15, 0.2) is 63.9 Å². The lowest BCUT2D eigenvalue weighted by Crippen LogP contribution is -2.25. The van der Waals surface area contributed by atoms with Crippen LogP contribution in [-0.2, 0) is 16.6 Å². The molecule has 0 aliphatic rings. The number of furan rings is 1. The first kappa shape index (κ1) is 21.2. The molecular formula is C22H21N3O4S2. The van der Waals surface area contributed by atoms with Crippen LogP contribution in [0.4, 0.5) is 0 Å². The predicted molar refractivity (Wildman–Crippen MR) is 121 cm³/mol. The third kappa shape index (κ3) is 4.25. The van der Waals surface area contributed by atoms with Gasteiger partial charge in [0.05, 0.1) is 21.7 Å². The number of aromatic nitrogens is 1. The lowest BCUT2D eigenvalue weighted by molar-refractivity contribution is 0.0947. The summed E-state index contributed by atoms with van der Waals surface area (Å²) in [6.07, 6.45) is 0. The molecule has 0 unspecified atom stereocenters. The van der Waals surface area contributed by atoms with Gasteiger partial charge in [0.1, 0.15) is 5.76 Å². The molecule has 0 saturated heterocycles. The molecule has 0 fully saturated rings. The third-order valence-electron chi connectivity index (χ3n) is 4.82. The van der Waals surface area contributed by atoms with Crippen molar-refractivity contribution in [3.63, 3.8) is 0 Å². The van der Waals surface area contributed by atoms with Gasteiger partial charge in [0.2, 0.25) is 10.0 Å². The smallest absolute Gasteiger partial charge is 0.251 e. The Morgan fingerprint density at radius 1 is 1.13 bits per heavy atom. The van der Waals surface area contributed by atoms with Gasteiger partial charge in [0, 0.05) is 19.7 Å². The van der Waals surface area contributed by atoms with E-state index < -0.39 is 10.0 Å². The van der Waals surface area contributed by atoms with E-state index in [2.05, 4.69) is 10.3 Å². The molecular weight excluding hydrogens is 434 g/mol. The zero-order valence-electron chi connectivity index (χ0n) is 17.2. The molecule has 0 saturated carbocycles. The second-order valence-corrected chi connectivity index (χ2v) is 10.4. The van der Waals surface area contributed by atoms with E-state index >= 15 is 0 Å². The maximum Gasteiger partial charge on any atom is 0.251 e. The molecule has 0 aliphatic heterocycles. The summed E-state index contributed by atoms with van der Waals surface area (Å²) in [5.41, 5.74) is 1.91. The number of sulfonamides is 1. The van der Waals surface area contributed by atoms with Crippen LogP contribution < -0.4 is 5.32 Å². The molecule has 0 atom stereocenters. The number of carbonyl (C=O) groups excluding carboxylic acids is 1. The molecule has 2 heterocycles. The summed E-state index contributed by atoms with van der Waals surface area (Å²) in [4.78, 5) is 17.4. The van der Waals surface area contributed by atoms with Crippen molar-refractivity contribution in [2.75, 3.05) is 14.1 Å². The van der Waals surface area contributed by atoms with Gasteiger partial charge < -0.3 is 9.73 Å². The number of hydrogen-bond donors (Lipinski definition) is 1. The lowest BCUT2D eigenvalue weighted by Gasteiger charge is -2.13. The van der Waals surface area contributed by atoms with Gasteiger partial charge in [-0.1, -0.05) is 18.2 Å². The number of para-hydroxylation sites is 1. The van der Waals surface area contributed by atoms with Crippen LogP contribution in [0.2, 0.25) is 0 Å². The Hall–Kier alpha value is -3.01. The molecule has 160 valence electrons. The number of carbonyl (C=O) groups is 1. The number of nitrogens with zero attached hydrogens (tertiary/aromatic N) is 2. The van der Waals surface area contributed by atoms with Crippen molar-refractivity contribution in [2.45, 2.75) is 18.4 Å². The number of rotatable bonds is 6. The van der Waals surface area contributed by atoms with Crippen molar-refractivity contribution in [2.24, 2.45) is 0 Å². The van der Waals surface area contributed by atoms with Gasteiger partial charge in [-0.2, -0.15) is 0 Å². The molecule has 0 aliphatic carbocycles. The predicted octanol–water partition coefficient (Wildman–Crippen LogP) is 4.05. The molecule has 1 N–H and O–H groups in total. The standard InChI is InChI=1S/C22H21N3O4S2/c1-14-8-10-16(31(27,28)25(2)3)12-17(14)21(26)23-13-15-9-11-19(29-15)22-24-18-6-4-5-7-20(18)30-22/h4-12H,13H2,1-3H3,(H,23,26). The van der Waals surface area contributed by atoms with Gasteiger partial charge in [-0.05, 0) is 48.9 Å². The Bertz CT molecular complexity index is 1340. The van der Waals surface area contributed by atoms with E-state index in [9.17, 15) is 13.2 Å². The van der Waals surface area contributed by atoms with Crippen molar-refractivity contribution < 1.29 is 17.6 Å². The van der Waals surface area contributed by atoms with Gasteiger partial charge in [-0.3, -0.25) is 4.79 Å². The first-order chi connectivity index (χ1) is 14.8. The first-order valence-electron chi connectivity index (χ1n) is 9.52. The summed E-state index contributed by atoms with van der Waals surface area (Å²) in [6.45, 7) is 1.94. The van der Waals surface area contributed by atoms with Crippen LogP contribution in [0.1, 0.15) is 21.7 Å². The van der Waals surface area contributed by atoms with Crippen molar-refractivity contribution >= 4 is 37.5 Å². The Labute approximate surface area is 184 Å². The minimum Gasteiger partial charge on any atom is -0.457 e. The van der Waals surface area contributed by atoms with E-state index in [4.69, 9.17) is 4.42 Å². The Kier molecular flexibility index (Phi) is 5.65. The molecule has 9 heteroatoms. The van der Waals surface area contributed by atoms with E-state index in [0.717, 1.165) is 19.5 Å². The van der Waals surface area contributed by atoms with Gasteiger partial charge >= 0.3 is 0 Å². The topological polar surface area (TPSA) is 92.5 Å². The number of benzene rings is 2. The van der Waals surface area contributed by atoms with Crippen LogP contribution in [0.5, 0.6) is 0 Å². The molecule has 31 heavy (non-hydrogen) atoms. The first-order valence-corrected chi connectivity index (χ1v) is 11.8. The highest BCUT2D eigenvalue weighted by Crippen LogP contribution is 2.31. The molecule has 0 bridgehead atoms. The number of amides is 1. The minimum absolute atomic E-state index is 0.0735. The molecule has 2 aromatic carbocycles. The van der Waals surface area contributed by atoms with E-state index in [1.54, 1.807) is 30.4 Å². The number of thiazole rings is 1. The van der Waals surface area contributed by atoms with Crippen LogP contribution in [0.25, 0.3) is 21.0 Å². The highest BCUT2D eigenvalue weighted by Gasteiger charge is 2.20. The monoisotopic (exact) mass is 455 g/mol. The van der Waals surface area contributed by atoms with Crippen LogP contribution in [-0.4, -0.2) is 37.7 Å². The van der Waals surface area contributed by atoms with Crippen LogP contribution in [0.3, 0.4) is 0 Å². The lowest BCUT2D eigenvalue weighted by atomic mass is 10.1. The highest BCUT2D eigenvalue weighted by atomic mass is 32.2. The number of hydrogen-bond acceptors (Lipinski definition) is 6. The third-order valence-corrected chi connectivity index (χ3v) is 7.68. The van der Waals surface area contributed by atoms with Gasteiger partial charge in [-0.15, -0.1) is 11.3 Å². The summed E-state index contributed by atoms with van der Waals surface area (Å²) in [5, 5.41) is 3.57. The summed E-state index contributed by atoms with van der Waals surface area (Å²) >= 11 is 1.54. The zero-order valence-corrected chi connectivity index (χ0v) is 18.9. The summed E-state index contributed by atoms with van der Waals surface area (Å²) in [6, 6.07) is 16.0. The second-order valence-electron chi connectivity index (χ2n) is 7.20. The van der Waals surface area contributed by atoms with E-state index in [-0.39, 0.29) is 17.3 Å². The molecule has 2 aromatic heterocycles. The largest absolute Gasteiger partial charge is 0.457 e. The summed E-state index contributed by atoms with van der Waals surface area (Å²) in [7, 11) is -0.720. The SMILES string of the molecule is Cc1ccc(S(=O)(=O)N(C)C)cc1C(=O)NCc1ccc(-c2nc3ccccc3s2)o1. The fraction of sp³-hybridized carbons (Fsp3) is 0.182. The van der Waals surface area contributed by atoms with Crippen molar-refractivity contribution in [3.8, 4) is 10.8 Å². The Morgan fingerprint density at radius 2 is 1.90 bits per heavy atom. The molecule has 4 rings (SSSR count). The maximum atomic E-state index is 12.7. The maximum absolute atomic E-state index is 12.7. The van der Waals surface area contributed by atoms with Crippen molar-refractivity contribution in [3.05, 3.63) is 71.5 Å². The average Bonchev–Trinajstić information content (AvgIpc) is 3.38. The van der Waals surface area contributed by atoms with Gasteiger partial charge in [-0.25, -0.2) is 17.7 Å². The summed E-state index contributed by atoms with van der Waals surface area (Å²) in [5.74, 6) is 0.851. The molecule has 1 amide bonds. The minimum atomic E-state index is -3.63. The molecule has 7 nitrogen and oxygen atoms in total. The fourth-order valence-corrected chi connectivity index (χ4v) is 4.90. The van der Waals surface area contributed by atoms with Gasteiger partial charge in [0.15, 0.2) is 10.8 Å². The van der Waals surface area contributed by atoms with Crippen LogP contribution >= 0.6 is 11.3 Å². The highest BCUT2D eigenvalue weighted by molar-refractivity contribution is 7.89. The van der Waals surface area contributed by atoms with Gasteiger partial charge in [0.25, 0.3) is 5.91 Å². The Morgan fingerprint density at radius 3 is 2.65 bits per heavy atom. The quantitative estimate of drug-likeness (QED) is 0.474. The number of nitrogens with one attached hydrogen (secondary N) is 1. The molecule has 0 spiro atoms. The van der Waals surface area contributed by atoms with Crippen molar-refractivity contribution in [1.29, 1.82) is 0 Å². The zero-order chi connectivity index (χ0) is 22.2. The molecule has 0 radical (unpaired) electrons. The second kappa shape index (κ2) is 8.26. The Balaban J connectivity index is 1.49. The normalized spacial score (nSPS) is 11.9. The summed E-state index contributed by atoms with van der Waals surface area (Å²) < 4.78 is 32.8. The fourth-order valence-electron chi connectivity index (χ4n) is 3.05.